The third-order valence-corrected chi connectivity index (χ3v) is 4.86. The van der Waals surface area contributed by atoms with E-state index in [9.17, 15) is 9.59 Å². The molecule has 1 aliphatic rings. The molecule has 0 spiro atoms. The molecule has 2 unspecified atom stereocenters. The van der Waals surface area contributed by atoms with Gasteiger partial charge >= 0.3 is 0 Å². The van der Waals surface area contributed by atoms with Crippen molar-refractivity contribution in [1.29, 1.82) is 0 Å². The van der Waals surface area contributed by atoms with E-state index >= 15 is 0 Å². The second kappa shape index (κ2) is 10.00. The van der Waals surface area contributed by atoms with Gasteiger partial charge in [0.15, 0.2) is 0 Å². The minimum atomic E-state index is -0.183. The summed E-state index contributed by atoms with van der Waals surface area (Å²) in [7, 11) is 3.34. The van der Waals surface area contributed by atoms with Crippen molar-refractivity contribution in [3.63, 3.8) is 0 Å². The average molecular weight is 388 g/mol. The highest BCUT2D eigenvalue weighted by molar-refractivity contribution is 6.34. The van der Waals surface area contributed by atoms with Gasteiger partial charge in [-0.05, 0) is 56.0 Å². The average Bonchev–Trinajstić information content (AvgIpc) is 2.56. The lowest BCUT2D eigenvalue weighted by Gasteiger charge is -2.28. The number of halogens is 2. The second-order valence-electron chi connectivity index (χ2n) is 6.73. The number of hydrogen-bond acceptors (Lipinski definition) is 3. The summed E-state index contributed by atoms with van der Waals surface area (Å²) < 4.78 is 0. The van der Waals surface area contributed by atoms with Crippen LogP contribution < -0.4 is 10.6 Å². The summed E-state index contributed by atoms with van der Waals surface area (Å²) in [6.45, 7) is 4.18. The van der Waals surface area contributed by atoms with Crippen LogP contribution in [0.2, 0.25) is 5.02 Å². The van der Waals surface area contributed by atoms with Crippen molar-refractivity contribution < 1.29 is 9.59 Å². The maximum atomic E-state index is 12.3. The highest BCUT2D eigenvalue weighted by atomic mass is 35.5. The molecule has 1 aromatic rings. The van der Waals surface area contributed by atoms with Crippen LogP contribution in [0.3, 0.4) is 0 Å². The first kappa shape index (κ1) is 21.7. The molecule has 2 N–H and O–H groups in total. The van der Waals surface area contributed by atoms with E-state index in [0.717, 1.165) is 13.1 Å². The number of carbonyl (C=O) groups excluding carboxylic acids is 2. The molecule has 1 aliphatic heterocycles. The fraction of sp³-hybridized carbons (Fsp3) is 0.556. The van der Waals surface area contributed by atoms with E-state index in [2.05, 4.69) is 17.6 Å². The van der Waals surface area contributed by atoms with Crippen molar-refractivity contribution in [2.24, 2.45) is 11.8 Å². The van der Waals surface area contributed by atoms with Crippen LogP contribution in [-0.2, 0) is 4.79 Å². The van der Waals surface area contributed by atoms with Gasteiger partial charge in [-0.1, -0.05) is 18.5 Å². The third kappa shape index (κ3) is 6.17. The molecular weight excluding hydrogens is 361 g/mol. The van der Waals surface area contributed by atoms with Gasteiger partial charge < -0.3 is 15.5 Å². The van der Waals surface area contributed by atoms with E-state index in [1.165, 1.54) is 17.7 Å². The summed E-state index contributed by atoms with van der Waals surface area (Å²) >= 11 is 6.09. The lowest BCUT2D eigenvalue weighted by molar-refractivity contribution is -0.117. The Morgan fingerprint density at radius 3 is 2.72 bits per heavy atom. The van der Waals surface area contributed by atoms with Gasteiger partial charge in [0, 0.05) is 26.2 Å². The Morgan fingerprint density at radius 1 is 1.40 bits per heavy atom. The molecule has 25 heavy (non-hydrogen) atoms. The molecule has 0 radical (unpaired) electrons. The van der Waals surface area contributed by atoms with E-state index in [4.69, 9.17) is 11.6 Å². The zero-order valence-electron chi connectivity index (χ0n) is 15.0. The number of anilines is 1. The van der Waals surface area contributed by atoms with Crippen LogP contribution in [0.25, 0.3) is 0 Å². The predicted molar refractivity (Wildman–Crippen MR) is 105 cm³/mol. The number of benzene rings is 1. The fourth-order valence-electron chi connectivity index (χ4n) is 3.04. The van der Waals surface area contributed by atoms with Gasteiger partial charge in [-0.2, -0.15) is 0 Å². The fourth-order valence-corrected chi connectivity index (χ4v) is 3.24. The summed E-state index contributed by atoms with van der Waals surface area (Å²) in [6, 6.07) is 5.00. The Morgan fingerprint density at radius 2 is 2.12 bits per heavy atom. The van der Waals surface area contributed by atoms with Gasteiger partial charge in [-0.25, -0.2) is 0 Å². The lowest BCUT2D eigenvalue weighted by atomic mass is 9.85. The molecule has 2 atom stereocenters. The van der Waals surface area contributed by atoms with Crippen molar-refractivity contribution in [3.05, 3.63) is 28.8 Å². The van der Waals surface area contributed by atoms with Gasteiger partial charge in [-0.15, -0.1) is 12.4 Å². The zero-order valence-corrected chi connectivity index (χ0v) is 16.5. The first-order valence-corrected chi connectivity index (χ1v) is 8.78. The summed E-state index contributed by atoms with van der Waals surface area (Å²) in [5, 5.41) is 6.65. The van der Waals surface area contributed by atoms with E-state index in [1.807, 2.05) is 0 Å². The highest BCUT2D eigenvalue weighted by Gasteiger charge is 2.22. The SMILES string of the molecule is CC(CC(=O)Nc1ccc(Cl)c(C(=O)N(C)C)c1)C1CCCNC1.Cl. The highest BCUT2D eigenvalue weighted by Crippen LogP contribution is 2.25. The molecule has 1 aromatic carbocycles. The summed E-state index contributed by atoms with van der Waals surface area (Å²) in [6.07, 6.45) is 2.82. The molecule has 140 valence electrons. The van der Waals surface area contributed by atoms with Crippen molar-refractivity contribution >= 4 is 41.5 Å². The molecule has 1 fully saturated rings. The van der Waals surface area contributed by atoms with E-state index in [-0.39, 0.29) is 24.2 Å². The molecule has 2 amide bonds. The smallest absolute Gasteiger partial charge is 0.254 e. The number of hydrogen-bond donors (Lipinski definition) is 2. The zero-order chi connectivity index (χ0) is 17.7. The number of carbonyl (C=O) groups is 2. The molecule has 1 heterocycles. The van der Waals surface area contributed by atoms with Crippen LogP contribution in [0.15, 0.2) is 18.2 Å². The Labute approximate surface area is 160 Å². The van der Waals surface area contributed by atoms with Crippen molar-refractivity contribution in [3.8, 4) is 0 Å². The van der Waals surface area contributed by atoms with Crippen LogP contribution in [0.1, 0.15) is 36.5 Å². The minimum Gasteiger partial charge on any atom is -0.345 e. The summed E-state index contributed by atoms with van der Waals surface area (Å²) in [5.41, 5.74) is 0.993. The molecule has 7 heteroatoms. The Hall–Kier alpha value is -1.30. The van der Waals surface area contributed by atoms with E-state index < -0.39 is 0 Å². The number of nitrogens with one attached hydrogen (secondary N) is 2. The second-order valence-corrected chi connectivity index (χ2v) is 7.14. The number of amides is 2. The predicted octanol–water partition coefficient (Wildman–Crippen LogP) is 3.43. The van der Waals surface area contributed by atoms with Crippen LogP contribution in [0.4, 0.5) is 5.69 Å². The normalized spacial score (nSPS) is 18.0. The molecule has 0 aliphatic carbocycles. The Kier molecular flexibility index (Phi) is 8.69. The molecule has 0 saturated carbocycles. The number of rotatable bonds is 5. The first-order chi connectivity index (χ1) is 11.4. The standard InChI is InChI=1S/C18H26ClN3O2.ClH/c1-12(13-5-4-8-20-11-13)9-17(23)21-14-6-7-16(19)15(10-14)18(24)22(2)3;/h6-7,10,12-13,20H,4-5,8-9,11H2,1-3H3,(H,21,23);1H. The Bertz CT molecular complexity index is 602. The minimum absolute atomic E-state index is 0. The van der Waals surface area contributed by atoms with Crippen LogP contribution in [0, 0.1) is 11.8 Å². The quantitative estimate of drug-likeness (QED) is 0.813. The lowest BCUT2D eigenvalue weighted by Crippen LogP contribution is -2.34. The first-order valence-electron chi connectivity index (χ1n) is 8.40. The monoisotopic (exact) mass is 387 g/mol. The van der Waals surface area contributed by atoms with Crippen LogP contribution >= 0.6 is 24.0 Å². The van der Waals surface area contributed by atoms with Crippen LogP contribution in [0.5, 0.6) is 0 Å². The molecule has 1 saturated heterocycles. The summed E-state index contributed by atoms with van der Waals surface area (Å²) in [4.78, 5) is 25.9. The summed E-state index contributed by atoms with van der Waals surface area (Å²) in [5.74, 6) is 0.657. The maximum absolute atomic E-state index is 12.3. The number of nitrogens with zero attached hydrogens (tertiary/aromatic N) is 1. The van der Waals surface area contributed by atoms with Crippen molar-refractivity contribution in [2.45, 2.75) is 26.2 Å². The van der Waals surface area contributed by atoms with Gasteiger partial charge in [0.25, 0.3) is 5.91 Å². The van der Waals surface area contributed by atoms with Crippen molar-refractivity contribution in [1.82, 2.24) is 10.2 Å². The molecule has 5 nitrogen and oxygen atoms in total. The molecule has 2 rings (SSSR count). The molecule has 0 aromatic heterocycles. The van der Waals surface area contributed by atoms with E-state index in [0.29, 0.717) is 34.5 Å². The van der Waals surface area contributed by atoms with Crippen molar-refractivity contribution in [2.75, 3.05) is 32.5 Å². The maximum Gasteiger partial charge on any atom is 0.254 e. The molecule has 0 bridgehead atoms. The van der Waals surface area contributed by atoms with Gasteiger partial charge in [0.2, 0.25) is 5.91 Å². The Balaban J connectivity index is 0.00000312. The topological polar surface area (TPSA) is 61.4 Å². The van der Waals surface area contributed by atoms with Crippen LogP contribution in [-0.4, -0.2) is 43.9 Å². The van der Waals surface area contributed by atoms with Gasteiger partial charge in [-0.3, -0.25) is 9.59 Å². The van der Waals surface area contributed by atoms with Gasteiger partial charge in [0.05, 0.1) is 10.6 Å². The molecular formula is C18H27Cl2N3O2. The van der Waals surface area contributed by atoms with Gasteiger partial charge in [0.1, 0.15) is 0 Å². The third-order valence-electron chi connectivity index (χ3n) is 4.53. The number of piperidine rings is 1. The largest absolute Gasteiger partial charge is 0.345 e. The van der Waals surface area contributed by atoms with E-state index in [1.54, 1.807) is 32.3 Å².